The van der Waals surface area contributed by atoms with Gasteiger partial charge >= 0.3 is 0 Å². The summed E-state index contributed by atoms with van der Waals surface area (Å²) in [6, 6.07) is 0. The average molecular weight is 331 g/mol. The summed E-state index contributed by atoms with van der Waals surface area (Å²) in [7, 11) is 0. The molecule has 0 atom stereocenters. The van der Waals surface area contributed by atoms with Gasteiger partial charge in [0.05, 0.1) is 0 Å². The summed E-state index contributed by atoms with van der Waals surface area (Å²) < 4.78 is 6.10. The SMILES string of the molecule is CCOC1(c2nc(Cl)c(C(C)C)c(Cl)n2)CCCCCC1. The monoisotopic (exact) mass is 330 g/mol. The van der Waals surface area contributed by atoms with Crippen LogP contribution in [-0.4, -0.2) is 16.6 Å². The zero-order valence-corrected chi connectivity index (χ0v) is 14.6. The van der Waals surface area contributed by atoms with Crippen LogP contribution in [0.1, 0.15) is 76.6 Å². The number of ether oxygens (including phenoxy) is 1. The highest BCUT2D eigenvalue weighted by Crippen LogP contribution is 2.40. The molecule has 0 aromatic carbocycles. The maximum Gasteiger partial charge on any atom is 0.163 e. The first kappa shape index (κ1) is 17.0. The lowest BCUT2D eigenvalue weighted by Crippen LogP contribution is -2.32. The fourth-order valence-corrected chi connectivity index (χ4v) is 3.93. The molecule has 1 saturated carbocycles. The summed E-state index contributed by atoms with van der Waals surface area (Å²) in [5.74, 6) is 0.863. The van der Waals surface area contributed by atoms with Gasteiger partial charge in [-0.25, -0.2) is 9.97 Å². The first-order valence-corrected chi connectivity index (χ1v) is 8.63. The molecule has 0 radical (unpaired) electrons. The topological polar surface area (TPSA) is 35.0 Å². The van der Waals surface area contributed by atoms with Gasteiger partial charge in [0.1, 0.15) is 15.9 Å². The molecular formula is C16H24Cl2N2O. The molecule has 1 aromatic rings. The Morgan fingerprint density at radius 2 is 1.57 bits per heavy atom. The highest BCUT2D eigenvalue weighted by molar-refractivity contribution is 6.34. The van der Waals surface area contributed by atoms with Gasteiger partial charge in [0.25, 0.3) is 0 Å². The van der Waals surface area contributed by atoms with E-state index in [1.165, 1.54) is 12.8 Å². The summed E-state index contributed by atoms with van der Waals surface area (Å²) in [5, 5.41) is 0.923. The van der Waals surface area contributed by atoms with Crippen LogP contribution in [0.3, 0.4) is 0 Å². The third-order valence-electron chi connectivity index (χ3n) is 4.17. The highest BCUT2D eigenvalue weighted by atomic mass is 35.5. The average Bonchev–Trinajstić information content (AvgIpc) is 2.64. The zero-order valence-electron chi connectivity index (χ0n) is 13.1. The second-order valence-corrected chi connectivity index (χ2v) is 6.75. The Labute approximate surface area is 137 Å². The Bertz CT molecular complexity index is 460. The Hall–Kier alpha value is -0.380. The van der Waals surface area contributed by atoms with Crippen molar-refractivity contribution in [2.75, 3.05) is 6.61 Å². The third kappa shape index (κ3) is 3.69. The van der Waals surface area contributed by atoms with E-state index in [9.17, 15) is 0 Å². The van der Waals surface area contributed by atoms with Gasteiger partial charge in [-0.15, -0.1) is 0 Å². The number of hydrogen-bond donors (Lipinski definition) is 0. The summed E-state index contributed by atoms with van der Waals surface area (Å²) in [6.07, 6.45) is 6.61. The minimum absolute atomic E-state index is 0.205. The number of hydrogen-bond acceptors (Lipinski definition) is 3. The fraction of sp³-hybridized carbons (Fsp3) is 0.750. The van der Waals surface area contributed by atoms with Gasteiger partial charge < -0.3 is 4.74 Å². The molecule has 1 aliphatic rings. The summed E-state index contributed by atoms with van der Waals surface area (Å²) in [4.78, 5) is 9.11. The van der Waals surface area contributed by atoms with Gasteiger partial charge in [-0.05, 0) is 25.7 Å². The van der Waals surface area contributed by atoms with Crippen LogP contribution in [0, 0.1) is 0 Å². The van der Waals surface area contributed by atoms with Crippen molar-refractivity contribution in [3.05, 3.63) is 21.7 Å². The molecule has 21 heavy (non-hydrogen) atoms. The van der Waals surface area contributed by atoms with Gasteiger partial charge in [0, 0.05) is 12.2 Å². The van der Waals surface area contributed by atoms with Gasteiger partial charge in [-0.3, -0.25) is 0 Å². The minimum atomic E-state index is -0.423. The van der Waals surface area contributed by atoms with Crippen molar-refractivity contribution in [2.24, 2.45) is 0 Å². The number of halogens is 2. The molecular weight excluding hydrogens is 307 g/mol. The molecule has 0 unspecified atom stereocenters. The van der Waals surface area contributed by atoms with Crippen LogP contribution in [0.5, 0.6) is 0 Å². The fourth-order valence-electron chi connectivity index (χ4n) is 3.11. The standard InChI is InChI=1S/C16H24Cl2N2O/c1-4-21-16(9-7-5-6-8-10-16)15-19-13(17)12(11(2)3)14(18)20-15/h11H,4-10H2,1-3H3. The lowest BCUT2D eigenvalue weighted by molar-refractivity contribution is -0.0624. The van der Waals surface area contributed by atoms with Crippen molar-refractivity contribution in [1.82, 2.24) is 9.97 Å². The van der Waals surface area contributed by atoms with Crippen LogP contribution in [0.25, 0.3) is 0 Å². The molecule has 0 amide bonds. The maximum atomic E-state index is 6.36. The van der Waals surface area contributed by atoms with E-state index in [2.05, 4.69) is 9.97 Å². The largest absolute Gasteiger partial charge is 0.367 e. The molecule has 0 N–H and O–H groups in total. The van der Waals surface area contributed by atoms with Crippen LogP contribution in [0.2, 0.25) is 10.3 Å². The molecule has 5 heteroatoms. The number of aromatic nitrogens is 2. The molecule has 1 heterocycles. The minimum Gasteiger partial charge on any atom is -0.367 e. The van der Waals surface area contributed by atoms with E-state index in [1.807, 2.05) is 20.8 Å². The summed E-state index contributed by atoms with van der Waals surface area (Å²) >= 11 is 12.7. The van der Waals surface area contributed by atoms with Crippen LogP contribution in [0.15, 0.2) is 0 Å². The van der Waals surface area contributed by atoms with Crippen LogP contribution in [0.4, 0.5) is 0 Å². The second kappa shape index (κ2) is 7.26. The third-order valence-corrected chi connectivity index (χ3v) is 4.75. The first-order valence-electron chi connectivity index (χ1n) is 7.87. The van der Waals surface area contributed by atoms with Crippen molar-refractivity contribution in [3.8, 4) is 0 Å². The maximum absolute atomic E-state index is 6.36. The van der Waals surface area contributed by atoms with Gasteiger partial charge in [-0.2, -0.15) is 0 Å². The van der Waals surface area contributed by atoms with Gasteiger partial charge in [0.15, 0.2) is 5.82 Å². The quantitative estimate of drug-likeness (QED) is 0.540. The van der Waals surface area contributed by atoms with Crippen molar-refractivity contribution in [3.63, 3.8) is 0 Å². The van der Waals surface area contributed by atoms with E-state index in [4.69, 9.17) is 27.9 Å². The van der Waals surface area contributed by atoms with Crippen LogP contribution < -0.4 is 0 Å². The first-order chi connectivity index (χ1) is 10.00. The van der Waals surface area contributed by atoms with E-state index < -0.39 is 5.60 Å². The molecule has 2 rings (SSSR count). The summed E-state index contributed by atoms with van der Waals surface area (Å²) in [6.45, 7) is 6.74. The van der Waals surface area contributed by atoms with Crippen molar-refractivity contribution < 1.29 is 4.74 Å². The smallest absolute Gasteiger partial charge is 0.163 e. The predicted octanol–water partition coefficient (Wildman–Crippen LogP) is 5.49. The molecule has 0 saturated heterocycles. The van der Waals surface area contributed by atoms with Crippen LogP contribution in [-0.2, 0) is 10.3 Å². The van der Waals surface area contributed by atoms with E-state index in [0.29, 0.717) is 22.7 Å². The Kier molecular flexibility index (Phi) is 5.87. The normalized spacial score (nSPS) is 18.8. The molecule has 1 fully saturated rings. The molecule has 118 valence electrons. The zero-order chi connectivity index (χ0) is 15.5. The second-order valence-electron chi connectivity index (χ2n) is 6.04. The molecule has 3 nitrogen and oxygen atoms in total. The Morgan fingerprint density at radius 3 is 2.00 bits per heavy atom. The molecule has 0 bridgehead atoms. The van der Waals surface area contributed by atoms with E-state index in [-0.39, 0.29) is 5.92 Å². The van der Waals surface area contributed by atoms with Crippen molar-refractivity contribution >= 4 is 23.2 Å². The molecule has 0 aliphatic heterocycles. The number of nitrogens with zero attached hydrogens (tertiary/aromatic N) is 2. The molecule has 1 aromatic heterocycles. The lowest BCUT2D eigenvalue weighted by atomic mass is 9.92. The van der Waals surface area contributed by atoms with Crippen molar-refractivity contribution in [2.45, 2.75) is 70.8 Å². The highest BCUT2D eigenvalue weighted by Gasteiger charge is 2.37. The summed E-state index contributed by atoms with van der Waals surface area (Å²) in [5.41, 5.74) is 0.399. The van der Waals surface area contributed by atoms with E-state index in [0.717, 1.165) is 31.2 Å². The Morgan fingerprint density at radius 1 is 1.05 bits per heavy atom. The van der Waals surface area contributed by atoms with E-state index in [1.54, 1.807) is 0 Å². The molecule has 0 spiro atoms. The molecule has 1 aliphatic carbocycles. The van der Waals surface area contributed by atoms with Gasteiger partial charge in [0.2, 0.25) is 0 Å². The Balaban J connectivity index is 2.45. The van der Waals surface area contributed by atoms with Crippen molar-refractivity contribution in [1.29, 1.82) is 0 Å². The lowest BCUT2D eigenvalue weighted by Gasteiger charge is -2.31. The predicted molar refractivity (Wildman–Crippen MR) is 87.1 cm³/mol. The van der Waals surface area contributed by atoms with Gasteiger partial charge in [-0.1, -0.05) is 62.7 Å². The number of rotatable bonds is 4. The van der Waals surface area contributed by atoms with E-state index >= 15 is 0 Å². The van der Waals surface area contributed by atoms with Crippen LogP contribution >= 0.6 is 23.2 Å².